The van der Waals surface area contributed by atoms with E-state index < -0.39 is 0 Å². The Kier molecular flexibility index (Phi) is 8.33. The highest BCUT2D eigenvalue weighted by Crippen LogP contribution is 2.55. The van der Waals surface area contributed by atoms with Crippen molar-refractivity contribution >= 4 is 21.5 Å². The van der Waals surface area contributed by atoms with Gasteiger partial charge in [-0.2, -0.15) is 0 Å². The Balaban J connectivity index is 0.977. The van der Waals surface area contributed by atoms with Crippen LogP contribution in [0.2, 0.25) is 0 Å². The molecule has 8 aromatic carbocycles. The first kappa shape index (κ1) is 34.7. The zero-order chi connectivity index (χ0) is 38.0. The van der Waals surface area contributed by atoms with Crippen molar-refractivity contribution in [2.75, 3.05) is 13.2 Å². The predicted molar refractivity (Wildman–Crippen MR) is 234 cm³/mol. The van der Waals surface area contributed by atoms with Gasteiger partial charge in [-0.15, -0.1) is 0 Å². The number of hydrogen-bond acceptors (Lipinski definition) is 2. The van der Waals surface area contributed by atoms with Gasteiger partial charge in [0.25, 0.3) is 0 Å². The maximum Gasteiger partial charge on any atom is 0.0431 e. The summed E-state index contributed by atoms with van der Waals surface area (Å²) in [7, 11) is 0. The largest absolute Gasteiger partial charge is 0.396 e. The molecule has 0 aliphatic heterocycles. The van der Waals surface area contributed by atoms with Crippen LogP contribution in [0.3, 0.4) is 0 Å². The van der Waals surface area contributed by atoms with Gasteiger partial charge in [0, 0.05) is 24.0 Å². The van der Waals surface area contributed by atoms with Gasteiger partial charge in [0.15, 0.2) is 0 Å². The smallest absolute Gasteiger partial charge is 0.0431 e. The fourth-order valence-corrected chi connectivity index (χ4v) is 10.1. The monoisotopic (exact) mass is 726 g/mol. The predicted octanol–water partition coefficient (Wildman–Crippen LogP) is 13.1. The fourth-order valence-electron chi connectivity index (χ4n) is 10.1. The normalized spacial score (nSPS) is 14.4. The molecular weight excluding hydrogens is 681 g/mol. The van der Waals surface area contributed by atoms with Gasteiger partial charge < -0.3 is 10.2 Å². The summed E-state index contributed by atoms with van der Waals surface area (Å²) < 4.78 is 0. The van der Waals surface area contributed by atoms with Gasteiger partial charge in [0.05, 0.1) is 0 Å². The summed E-state index contributed by atoms with van der Waals surface area (Å²) in [5.41, 5.74) is 17.6. The average molecular weight is 727 g/mol. The van der Waals surface area contributed by atoms with Crippen LogP contribution in [0.5, 0.6) is 0 Å². The number of aliphatic hydroxyl groups is 2. The number of benzene rings is 8. The molecule has 0 aromatic heterocycles. The Hall–Kier alpha value is -5.80. The van der Waals surface area contributed by atoms with Crippen LogP contribution in [0.1, 0.15) is 61.8 Å². The van der Waals surface area contributed by atoms with Gasteiger partial charge in [-0.3, -0.25) is 0 Å². The molecule has 0 spiro atoms. The summed E-state index contributed by atoms with van der Waals surface area (Å²) in [5.74, 6) is 0. The highest BCUT2D eigenvalue weighted by Gasteiger charge is 2.42. The van der Waals surface area contributed by atoms with Gasteiger partial charge in [-0.05, 0) is 162 Å². The van der Waals surface area contributed by atoms with E-state index in [1.807, 2.05) is 0 Å². The second-order valence-electron chi connectivity index (χ2n) is 16.5. The Morgan fingerprint density at radius 3 is 1.27 bits per heavy atom. The molecule has 10 rings (SSSR count). The maximum atomic E-state index is 9.95. The van der Waals surface area contributed by atoms with Gasteiger partial charge in [-0.25, -0.2) is 0 Å². The van der Waals surface area contributed by atoms with Gasteiger partial charge >= 0.3 is 0 Å². The molecule has 274 valence electrons. The second-order valence-corrected chi connectivity index (χ2v) is 16.5. The van der Waals surface area contributed by atoms with Crippen molar-refractivity contribution < 1.29 is 10.2 Å². The van der Waals surface area contributed by atoms with Crippen LogP contribution in [0.15, 0.2) is 158 Å². The SMILES string of the molecule is CC1(C)c2cc(-c3ccc4c(c3)C(CCCO)(CCCO)c3ccccc3-4)ccc2-c2ccc(-c3ccc4cc(-c5ccc6ccccc6c5)ccc4c3)cc21. The van der Waals surface area contributed by atoms with E-state index in [4.69, 9.17) is 0 Å². The van der Waals surface area contributed by atoms with Crippen LogP contribution >= 0.6 is 0 Å². The summed E-state index contributed by atoms with van der Waals surface area (Å²) in [6.07, 6.45) is 3.16. The molecule has 0 bridgehead atoms. The molecule has 0 amide bonds. The summed E-state index contributed by atoms with van der Waals surface area (Å²) in [4.78, 5) is 0. The van der Waals surface area contributed by atoms with E-state index in [-0.39, 0.29) is 24.0 Å². The molecule has 0 atom stereocenters. The van der Waals surface area contributed by atoms with E-state index in [9.17, 15) is 10.2 Å². The molecule has 8 aromatic rings. The Bertz CT molecular complexity index is 2810. The van der Waals surface area contributed by atoms with Crippen LogP contribution in [-0.2, 0) is 10.8 Å². The van der Waals surface area contributed by atoms with Gasteiger partial charge in [0.2, 0.25) is 0 Å². The van der Waals surface area contributed by atoms with Gasteiger partial charge in [-0.1, -0.05) is 135 Å². The molecule has 0 heterocycles. The third kappa shape index (κ3) is 5.46. The number of aliphatic hydroxyl groups excluding tert-OH is 2. The molecule has 0 unspecified atom stereocenters. The molecule has 2 heteroatoms. The van der Waals surface area contributed by atoms with Crippen molar-refractivity contribution in [3.05, 3.63) is 180 Å². The van der Waals surface area contributed by atoms with Crippen molar-refractivity contribution in [2.24, 2.45) is 0 Å². The minimum absolute atomic E-state index is 0.161. The van der Waals surface area contributed by atoms with Crippen LogP contribution in [0, 0.1) is 0 Å². The van der Waals surface area contributed by atoms with Gasteiger partial charge in [0.1, 0.15) is 0 Å². The van der Waals surface area contributed by atoms with Crippen molar-refractivity contribution in [2.45, 2.75) is 50.4 Å². The van der Waals surface area contributed by atoms with E-state index in [1.54, 1.807) is 0 Å². The minimum atomic E-state index is -0.224. The number of rotatable bonds is 9. The van der Waals surface area contributed by atoms with Crippen molar-refractivity contribution in [1.82, 2.24) is 0 Å². The minimum Gasteiger partial charge on any atom is -0.396 e. The fraction of sp³-hybridized carbons (Fsp3) is 0.185. The molecular formula is C54H46O2. The lowest BCUT2D eigenvalue weighted by molar-refractivity contribution is 0.247. The van der Waals surface area contributed by atoms with Crippen molar-refractivity contribution in [3.8, 4) is 55.6 Å². The maximum absolute atomic E-state index is 9.95. The third-order valence-electron chi connectivity index (χ3n) is 13.1. The summed E-state index contributed by atoms with van der Waals surface area (Å²) in [6, 6.07) is 58.8. The summed E-state index contributed by atoms with van der Waals surface area (Å²) in [5, 5.41) is 24.9. The Morgan fingerprint density at radius 1 is 0.357 bits per heavy atom. The highest BCUT2D eigenvalue weighted by molar-refractivity contribution is 5.94. The molecule has 2 aliphatic carbocycles. The molecule has 0 fully saturated rings. The lowest BCUT2D eigenvalue weighted by Crippen LogP contribution is -2.26. The van der Waals surface area contributed by atoms with Crippen LogP contribution < -0.4 is 0 Å². The Labute approximate surface area is 329 Å². The highest BCUT2D eigenvalue weighted by atomic mass is 16.3. The summed E-state index contributed by atoms with van der Waals surface area (Å²) in [6.45, 7) is 5.06. The lowest BCUT2D eigenvalue weighted by Gasteiger charge is -2.32. The molecule has 2 nitrogen and oxygen atoms in total. The van der Waals surface area contributed by atoms with Crippen LogP contribution in [0.4, 0.5) is 0 Å². The standard InChI is InChI=1S/C54H46O2/c1-53(2)50-32-42(41-18-17-39-30-38(15-16-40(39)31-41)37-14-13-35-9-3-4-10-36(35)29-37)19-22-46(50)47-23-20-43(33-51(47)53)44-21-24-48-45-11-5-6-12-49(45)54(25-7-27-55,26-8-28-56)52(48)34-44/h3-6,9-24,29-34,55-56H,7-8,25-28H2,1-2H3. The Morgan fingerprint density at radius 2 is 0.732 bits per heavy atom. The van der Waals surface area contributed by atoms with E-state index in [0.717, 1.165) is 25.7 Å². The number of hydrogen-bond donors (Lipinski definition) is 2. The van der Waals surface area contributed by atoms with Crippen LogP contribution in [-0.4, -0.2) is 23.4 Å². The third-order valence-corrected chi connectivity index (χ3v) is 13.1. The first-order valence-electron chi connectivity index (χ1n) is 20.2. The van der Waals surface area contributed by atoms with Crippen molar-refractivity contribution in [3.63, 3.8) is 0 Å². The van der Waals surface area contributed by atoms with Crippen LogP contribution in [0.25, 0.3) is 77.2 Å². The van der Waals surface area contributed by atoms with E-state index in [0.29, 0.717) is 0 Å². The average Bonchev–Trinajstić information content (AvgIpc) is 3.65. The zero-order valence-corrected chi connectivity index (χ0v) is 32.1. The summed E-state index contributed by atoms with van der Waals surface area (Å²) >= 11 is 0. The second kappa shape index (κ2) is 13.4. The molecule has 56 heavy (non-hydrogen) atoms. The molecule has 2 aliphatic rings. The first-order chi connectivity index (χ1) is 27.4. The zero-order valence-electron chi connectivity index (χ0n) is 32.1. The molecule has 0 radical (unpaired) electrons. The van der Waals surface area contributed by atoms with E-state index in [1.165, 1.54) is 99.4 Å². The van der Waals surface area contributed by atoms with E-state index in [2.05, 4.69) is 172 Å². The molecule has 2 N–H and O–H groups in total. The number of fused-ring (bicyclic) bond motifs is 8. The van der Waals surface area contributed by atoms with Crippen molar-refractivity contribution in [1.29, 1.82) is 0 Å². The molecule has 0 saturated heterocycles. The topological polar surface area (TPSA) is 40.5 Å². The lowest BCUT2D eigenvalue weighted by atomic mass is 9.71. The van der Waals surface area contributed by atoms with E-state index >= 15 is 0 Å². The first-order valence-corrected chi connectivity index (χ1v) is 20.2. The molecule has 0 saturated carbocycles. The quantitative estimate of drug-likeness (QED) is 0.155.